The van der Waals surface area contributed by atoms with Crippen LogP contribution in [0.3, 0.4) is 0 Å². The average Bonchev–Trinajstić information content (AvgIpc) is 2.38. The number of hydrogen-bond acceptors (Lipinski definition) is 2. The topological polar surface area (TPSA) is 49.3 Å². The van der Waals surface area contributed by atoms with Crippen LogP contribution >= 0.6 is 0 Å². The third-order valence-electron chi connectivity index (χ3n) is 2.49. The molecule has 1 aromatic rings. The fraction of sp³-hybridized carbons (Fsp3) is 0.429. The van der Waals surface area contributed by atoms with Crippen LogP contribution in [0.1, 0.15) is 18.1 Å². The Morgan fingerprint density at radius 2 is 2.33 bits per heavy atom. The minimum Gasteiger partial charge on any atom is -0.357 e. The predicted octanol–water partition coefficient (Wildman–Crippen LogP) is 1.12. The van der Waals surface area contributed by atoms with Gasteiger partial charge in [0.2, 0.25) is 0 Å². The number of terminal acetylenes is 1. The van der Waals surface area contributed by atoms with E-state index in [4.69, 9.17) is 6.42 Å². The highest BCUT2D eigenvalue weighted by molar-refractivity contribution is 5.79. The van der Waals surface area contributed by atoms with E-state index in [2.05, 4.69) is 33.5 Å². The van der Waals surface area contributed by atoms with E-state index in [-0.39, 0.29) is 0 Å². The maximum atomic E-state index is 5.21. The van der Waals surface area contributed by atoms with Crippen LogP contribution in [-0.4, -0.2) is 30.6 Å². The summed E-state index contributed by atoms with van der Waals surface area (Å²) in [6.07, 6.45) is 9.80. The molecule has 0 spiro atoms. The van der Waals surface area contributed by atoms with Crippen molar-refractivity contribution in [3.8, 4) is 12.3 Å². The summed E-state index contributed by atoms with van der Waals surface area (Å²) in [5, 5.41) is 6.21. The summed E-state index contributed by atoms with van der Waals surface area (Å²) < 4.78 is 0. The van der Waals surface area contributed by atoms with Gasteiger partial charge in [0.25, 0.3) is 0 Å². The number of aliphatic imine (C=N–C) groups is 1. The average molecular weight is 244 g/mol. The highest BCUT2D eigenvalue weighted by Gasteiger charge is 1.98. The number of aromatic nitrogens is 1. The molecule has 0 saturated carbocycles. The van der Waals surface area contributed by atoms with Gasteiger partial charge in [0.1, 0.15) is 0 Å². The van der Waals surface area contributed by atoms with Crippen LogP contribution in [0.15, 0.2) is 23.5 Å². The minimum atomic E-state index is 0.486. The van der Waals surface area contributed by atoms with Crippen molar-refractivity contribution in [2.24, 2.45) is 4.99 Å². The normalized spacial score (nSPS) is 10.8. The van der Waals surface area contributed by atoms with Crippen LogP contribution in [0.25, 0.3) is 0 Å². The Hall–Kier alpha value is -2.02. The molecule has 1 heterocycles. The van der Waals surface area contributed by atoms with E-state index in [1.165, 1.54) is 11.1 Å². The van der Waals surface area contributed by atoms with E-state index in [0.717, 1.165) is 25.5 Å². The van der Waals surface area contributed by atoms with Crippen molar-refractivity contribution in [2.75, 3.05) is 19.6 Å². The minimum absolute atomic E-state index is 0.486. The Labute approximate surface area is 109 Å². The van der Waals surface area contributed by atoms with Gasteiger partial charge < -0.3 is 10.6 Å². The maximum Gasteiger partial charge on any atom is 0.192 e. The van der Waals surface area contributed by atoms with Crippen LogP contribution in [0.4, 0.5) is 0 Å². The number of hydrogen-bond donors (Lipinski definition) is 2. The highest BCUT2D eigenvalue weighted by Crippen LogP contribution is 2.05. The molecule has 0 aromatic carbocycles. The Morgan fingerprint density at radius 3 is 3.00 bits per heavy atom. The molecule has 0 saturated heterocycles. The molecule has 0 aliphatic carbocycles. The number of nitrogens with one attached hydrogen (secondary N) is 2. The van der Waals surface area contributed by atoms with Crippen molar-refractivity contribution in [3.05, 3.63) is 29.6 Å². The predicted molar refractivity (Wildman–Crippen MR) is 75.5 cm³/mol. The molecule has 18 heavy (non-hydrogen) atoms. The number of pyridine rings is 1. The van der Waals surface area contributed by atoms with Gasteiger partial charge in [-0.3, -0.25) is 9.98 Å². The molecule has 1 rings (SSSR count). The number of aryl methyl sites for hydroxylation is 1. The summed E-state index contributed by atoms with van der Waals surface area (Å²) >= 11 is 0. The largest absolute Gasteiger partial charge is 0.357 e. The summed E-state index contributed by atoms with van der Waals surface area (Å²) in [7, 11) is 0. The summed E-state index contributed by atoms with van der Waals surface area (Å²) in [5.41, 5.74) is 2.48. The molecule has 0 aliphatic heterocycles. The van der Waals surface area contributed by atoms with Gasteiger partial charge in [0.05, 0.1) is 6.54 Å². The second kappa shape index (κ2) is 8.13. The van der Waals surface area contributed by atoms with Gasteiger partial charge in [-0.1, -0.05) is 5.92 Å². The van der Waals surface area contributed by atoms with Crippen LogP contribution in [-0.2, 0) is 6.42 Å². The molecule has 2 N–H and O–H groups in total. The summed E-state index contributed by atoms with van der Waals surface area (Å²) in [4.78, 5) is 8.54. The monoisotopic (exact) mass is 244 g/mol. The molecule has 4 heteroatoms. The smallest absolute Gasteiger partial charge is 0.192 e. The first-order valence-electron chi connectivity index (χ1n) is 6.13. The van der Waals surface area contributed by atoms with E-state index in [1.807, 2.05) is 25.4 Å². The zero-order valence-corrected chi connectivity index (χ0v) is 11.0. The zero-order chi connectivity index (χ0) is 13.2. The first kappa shape index (κ1) is 14.0. The SMILES string of the molecule is C#CCNC(=NCCc1ccncc1C)NCC. The molecule has 0 aliphatic rings. The van der Waals surface area contributed by atoms with Crippen molar-refractivity contribution < 1.29 is 0 Å². The fourth-order valence-corrected chi connectivity index (χ4v) is 1.55. The van der Waals surface area contributed by atoms with Crippen LogP contribution in [0.5, 0.6) is 0 Å². The molecule has 0 atom stereocenters. The molecule has 0 fully saturated rings. The quantitative estimate of drug-likeness (QED) is 0.463. The van der Waals surface area contributed by atoms with E-state index in [9.17, 15) is 0 Å². The van der Waals surface area contributed by atoms with Crippen LogP contribution < -0.4 is 10.6 Å². The maximum absolute atomic E-state index is 5.21. The second-order valence-electron chi connectivity index (χ2n) is 3.87. The second-order valence-corrected chi connectivity index (χ2v) is 3.87. The number of rotatable bonds is 5. The third-order valence-corrected chi connectivity index (χ3v) is 2.49. The highest BCUT2D eigenvalue weighted by atomic mass is 15.2. The lowest BCUT2D eigenvalue weighted by molar-refractivity contribution is 0.853. The Balaban J connectivity index is 2.50. The molecule has 0 amide bonds. The van der Waals surface area contributed by atoms with Crippen molar-refractivity contribution in [1.82, 2.24) is 15.6 Å². The fourth-order valence-electron chi connectivity index (χ4n) is 1.55. The van der Waals surface area contributed by atoms with Crippen LogP contribution in [0, 0.1) is 19.3 Å². The number of guanidine groups is 1. The zero-order valence-electron chi connectivity index (χ0n) is 11.0. The van der Waals surface area contributed by atoms with Gasteiger partial charge in [-0.25, -0.2) is 0 Å². The lowest BCUT2D eigenvalue weighted by atomic mass is 10.1. The van der Waals surface area contributed by atoms with E-state index >= 15 is 0 Å². The van der Waals surface area contributed by atoms with Gasteiger partial charge in [0.15, 0.2) is 5.96 Å². The Kier molecular flexibility index (Phi) is 6.34. The van der Waals surface area contributed by atoms with Crippen molar-refractivity contribution in [3.63, 3.8) is 0 Å². The lowest BCUT2D eigenvalue weighted by Gasteiger charge is -2.09. The molecule has 0 bridgehead atoms. The molecule has 96 valence electrons. The molecular formula is C14H20N4. The van der Waals surface area contributed by atoms with Gasteiger partial charge in [-0.15, -0.1) is 6.42 Å². The first-order chi connectivity index (χ1) is 8.77. The molecule has 1 aromatic heterocycles. The van der Waals surface area contributed by atoms with Gasteiger partial charge in [-0.05, 0) is 37.5 Å². The van der Waals surface area contributed by atoms with Crippen molar-refractivity contribution in [1.29, 1.82) is 0 Å². The molecule has 0 radical (unpaired) electrons. The Morgan fingerprint density at radius 1 is 1.50 bits per heavy atom. The summed E-state index contributed by atoms with van der Waals surface area (Å²) in [6, 6.07) is 2.03. The van der Waals surface area contributed by atoms with Crippen LogP contribution in [0.2, 0.25) is 0 Å². The molecule has 0 unspecified atom stereocenters. The van der Waals surface area contributed by atoms with Gasteiger partial charge in [-0.2, -0.15) is 0 Å². The Bertz CT molecular complexity index is 432. The van der Waals surface area contributed by atoms with Gasteiger partial charge in [0, 0.05) is 25.5 Å². The van der Waals surface area contributed by atoms with E-state index in [0.29, 0.717) is 6.54 Å². The third kappa shape index (κ3) is 4.88. The van der Waals surface area contributed by atoms with E-state index in [1.54, 1.807) is 0 Å². The lowest BCUT2D eigenvalue weighted by Crippen LogP contribution is -2.37. The molecule has 4 nitrogen and oxygen atoms in total. The van der Waals surface area contributed by atoms with Crippen molar-refractivity contribution >= 4 is 5.96 Å². The van der Waals surface area contributed by atoms with Gasteiger partial charge >= 0.3 is 0 Å². The van der Waals surface area contributed by atoms with E-state index < -0.39 is 0 Å². The summed E-state index contributed by atoms with van der Waals surface area (Å²) in [6.45, 7) is 6.13. The first-order valence-corrected chi connectivity index (χ1v) is 6.13. The molecular weight excluding hydrogens is 224 g/mol. The number of nitrogens with zero attached hydrogens (tertiary/aromatic N) is 2. The van der Waals surface area contributed by atoms with Crippen molar-refractivity contribution in [2.45, 2.75) is 20.3 Å². The standard InChI is InChI=1S/C14H20N4/c1-4-8-17-14(16-5-2)18-10-7-13-6-9-15-11-12(13)3/h1,6,9,11H,5,7-8,10H2,2-3H3,(H2,16,17,18). The summed E-state index contributed by atoms with van der Waals surface area (Å²) in [5.74, 6) is 3.30.